The Morgan fingerprint density at radius 1 is 1.11 bits per heavy atom. The number of benzene rings is 1. The molecule has 0 unspecified atom stereocenters. The number of carbonyl (C=O) groups excluding carboxylic acids is 1. The van der Waals surface area contributed by atoms with Gasteiger partial charge in [-0.3, -0.25) is 9.69 Å². The number of hydrogen-bond acceptors (Lipinski definition) is 5. The van der Waals surface area contributed by atoms with Gasteiger partial charge < -0.3 is 18.9 Å². The molecule has 0 radical (unpaired) electrons. The Kier molecular flexibility index (Phi) is 5.57. The summed E-state index contributed by atoms with van der Waals surface area (Å²) in [5.41, 5.74) is 0.298. The van der Waals surface area contributed by atoms with E-state index in [1.807, 2.05) is 38.2 Å². The number of ether oxygens (including phenoxy) is 1. The first-order valence-corrected chi connectivity index (χ1v) is 9.68. The second-order valence-corrected chi connectivity index (χ2v) is 8.48. The Balaban J connectivity index is 1.51. The van der Waals surface area contributed by atoms with E-state index in [4.69, 9.17) is 14.0 Å². The average Bonchev–Trinajstić information content (AvgIpc) is 2.83. The zero-order chi connectivity index (χ0) is 19.8. The molecule has 6 nitrogen and oxygen atoms in total. The van der Waals surface area contributed by atoms with Gasteiger partial charge in [0.25, 0.3) is 0 Å². The molecule has 7 heteroatoms. The third-order valence-electron chi connectivity index (χ3n) is 6.06. The van der Waals surface area contributed by atoms with Gasteiger partial charge in [-0.2, -0.15) is 0 Å². The number of likely N-dealkylation sites (N-methyl/N-ethyl adjacent to an activating group) is 1. The lowest BCUT2D eigenvalue weighted by atomic mass is 9.79. The van der Waals surface area contributed by atoms with Gasteiger partial charge in [0.05, 0.1) is 17.2 Å². The van der Waals surface area contributed by atoms with Crippen molar-refractivity contribution in [3.8, 4) is 5.75 Å². The molecule has 2 fully saturated rings. The molecule has 1 aromatic carbocycles. The normalized spacial score (nSPS) is 25.1. The first kappa shape index (κ1) is 20.2. The average molecular weight is 374 g/mol. The van der Waals surface area contributed by atoms with Crippen molar-refractivity contribution in [2.45, 2.75) is 51.9 Å². The van der Waals surface area contributed by atoms with Crippen molar-refractivity contribution in [2.24, 2.45) is 0 Å². The molecule has 0 aromatic heterocycles. The lowest BCUT2D eigenvalue weighted by Crippen LogP contribution is -2.55. The quantitative estimate of drug-likeness (QED) is 0.732. The van der Waals surface area contributed by atoms with Crippen molar-refractivity contribution < 1.29 is 18.8 Å². The van der Waals surface area contributed by atoms with E-state index < -0.39 is 0 Å². The van der Waals surface area contributed by atoms with Gasteiger partial charge >= 0.3 is 7.12 Å². The maximum atomic E-state index is 12.0. The summed E-state index contributed by atoms with van der Waals surface area (Å²) in [6.07, 6.45) is 0. The molecule has 1 amide bonds. The van der Waals surface area contributed by atoms with Gasteiger partial charge in [0.15, 0.2) is 0 Å². The van der Waals surface area contributed by atoms with E-state index in [9.17, 15) is 4.79 Å². The first-order valence-electron chi connectivity index (χ1n) is 9.68. The van der Waals surface area contributed by atoms with E-state index >= 15 is 0 Å². The summed E-state index contributed by atoms with van der Waals surface area (Å²) in [5.74, 6) is 0.983. The minimum absolute atomic E-state index is 0.0851. The number of amides is 1. The molecular formula is C20H31BN2O4. The molecule has 0 N–H and O–H groups in total. The summed E-state index contributed by atoms with van der Waals surface area (Å²) in [5, 5.41) is 0. The fourth-order valence-corrected chi connectivity index (χ4v) is 3.34. The Hall–Kier alpha value is -1.57. The van der Waals surface area contributed by atoms with Gasteiger partial charge in [-0.1, -0.05) is 12.1 Å². The number of rotatable bonds is 5. The summed E-state index contributed by atoms with van der Waals surface area (Å²) in [4.78, 5) is 16.0. The molecule has 27 heavy (non-hydrogen) atoms. The Morgan fingerprint density at radius 2 is 1.70 bits per heavy atom. The van der Waals surface area contributed by atoms with Crippen LogP contribution in [0.15, 0.2) is 24.3 Å². The minimum atomic E-state index is -0.360. The molecule has 0 spiro atoms. The zero-order valence-electron chi connectivity index (χ0n) is 17.3. The molecule has 1 atom stereocenters. The van der Waals surface area contributed by atoms with E-state index in [0.29, 0.717) is 6.61 Å². The minimum Gasteiger partial charge on any atom is -0.492 e. The Morgan fingerprint density at radius 3 is 2.30 bits per heavy atom. The molecule has 2 heterocycles. The molecule has 0 aliphatic carbocycles. The molecular weight excluding hydrogens is 343 g/mol. The third-order valence-corrected chi connectivity index (χ3v) is 6.06. The predicted octanol–water partition coefficient (Wildman–Crippen LogP) is 1.53. The molecule has 2 aliphatic heterocycles. The largest absolute Gasteiger partial charge is 0.494 e. The highest BCUT2D eigenvalue weighted by Crippen LogP contribution is 2.36. The van der Waals surface area contributed by atoms with E-state index in [-0.39, 0.29) is 30.3 Å². The Bertz CT molecular complexity index is 661. The highest BCUT2D eigenvalue weighted by Gasteiger charge is 2.51. The lowest BCUT2D eigenvalue weighted by Gasteiger charge is -2.37. The maximum Gasteiger partial charge on any atom is 0.494 e. The second kappa shape index (κ2) is 7.45. The SMILES string of the molecule is C[C@H]1C(=O)N(C)CCN1CCOc1ccc(B2OC(C)(C)C(C)(C)O2)cc1. The number of hydrogen-bond donors (Lipinski definition) is 0. The van der Waals surface area contributed by atoms with Crippen molar-refractivity contribution >= 4 is 18.5 Å². The summed E-state index contributed by atoms with van der Waals surface area (Å²) in [6.45, 7) is 13.1. The zero-order valence-corrected chi connectivity index (χ0v) is 17.3. The van der Waals surface area contributed by atoms with E-state index in [1.165, 1.54) is 0 Å². The van der Waals surface area contributed by atoms with Crippen LogP contribution in [0.3, 0.4) is 0 Å². The second-order valence-electron chi connectivity index (χ2n) is 8.48. The van der Waals surface area contributed by atoms with Crippen LogP contribution in [0, 0.1) is 0 Å². The Labute approximate surface area is 162 Å². The van der Waals surface area contributed by atoms with Crippen LogP contribution in [0.5, 0.6) is 5.75 Å². The molecule has 0 bridgehead atoms. The summed E-state index contributed by atoms with van der Waals surface area (Å²) >= 11 is 0. The predicted molar refractivity (Wildman–Crippen MR) is 106 cm³/mol. The van der Waals surface area contributed by atoms with Gasteiger partial charge in [-0.05, 0) is 52.2 Å². The van der Waals surface area contributed by atoms with Crippen LogP contribution in [-0.2, 0) is 14.1 Å². The molecule has 1 aromatic rings. The van der Waals surface area contributed by atoms with Crippen molar-refractivity contribution in [3.05, 3.63) is 24.3 Å². The fourth-order valence-electron chi connectivity index (χ4n) is 3.34. The number of piperazine rings is 1. The highest BCUT2D eigenvalue weighted by molar-refractivity contribution is 6.62. The highest BCUT2D eigenvalue weighted by atomic mass is 16.7. The van der Waals surface area contributed by atoms with Crippen LogP contribution in [0.4, 0.5) is 0 Å². The van der Waals surface area contributed by atoms with Crippen molar-refractivity contribution in [2.75, 3.05) is 33.3 Å². The van der Waals surface area contributed by atoms with Gasteiger partial charge in [0.1, 0.15) is 12.4 Å². The van der Waals surface area contributed by atoms with Crippen LogP contribution in [0.2, 0.25) is 0 Å². The standard InChI is InChI=1S/C20H31BN2O4/c1-15-18(24)22(6)11-12-23(15)13-14-25-17-9-7-16(8-10-17)21-26-19(2,3)20(4,5)27-21/h7-10,15H,11-14H2,1-6H3/t15-/m0/s1. The fraction of sp³-hybridized carbons (Fsp3) is 0.650. The van der Waals surface area contributed by atoms with Gasteiger partial charge in [-0.25, -0.2) is 0 Å². The molecule has 2 saturated heterocycles. The van der Waals surface area contributed by atoms with Gasteiger partial charge in [0.2, 0.25) is 5.91 Å². The topological polar surface area (TPSA) is 51.2 Å². The summed E-state index contributed by atoms with van der Waals surface area (Å²) < 4.78 is 18.0. The lowest BCUT2D eigenvalue weighted by molar-refractivity contribution is -0.139. The number of nitrogens with zero attached hydrogens (tertiary/aromatic N) is 2. The molecule has 0 saturated carbocycles. The van der Waals surface area contributed by atoms with E-state index in [2.05, 4.69) is 32.6 Å². The smallest absolute Gasteiger partial charge is 0.492 e. The van der Waals surface area contributed by atoms with Crippen LogP contribution in [-0.4, -0.2) is 73.4 Å². The molecule has 3 rings (SSSR count). The maximum absolute atomic E-state index is 12.0. The molecule has 148 valence electrons. The third kappa shape index (κ3) is 4.15. The van der Waals surface area contributed by atoms with Crippen LogP contribution in [0.25, 0.3) is 0 Å². The van der Waals surface area contributed by atoms with Crippen molar-refractivity contribution in [1.82, 2.24) is 9.80 Å². The first-order chi connectivity index (χ1) is 12.6. The van der Waals surface area contributed by atoms with Crippen LogP contribution >= 0.6 is 0 Å². The van der Waals surface area contributed by atoms with Gasteiger partial charge in [-0.15, -0.1) is 0 Å². The van der Waals surface area contributed by atoms with E-state index in [1.54, 1.807) is 4.90 Å². The summed E-state index contributed by atoms with van der Waals surface area (Å²) in [7, 11) is 1.50. The van der Waals surface area contributed by atoms with Crippen molar-refractivity contribution in [3.63, 3.8) is 0 Å². The van der Waals surface area contributed by atoms with Gasteiger partial charge in [0, 0.05) is 26.7 Å². The summed E-state index contributed by atoms with van der Waals surface area (Å²) in [6, 6.07) is 7.77. The van der Waals surface area contributed by atoms with Crippen LogP contribution < -0.4 is 10.2 Å². The molecule has 2 aliphatic rings. The number of carbonyl (C=O) groups is 1. The van der Waals surface area contributed by atoms with E-state index in [0.717, 1.165) is 30.8 Å². The van der Waals surface area contributed by atoms with Crippen LogP contribution in [0.1, 0.15) is 34.6 Å². The monoisotopic (exact) mass is 374 g/mol. The van der Waals surface area contributed by atoms with Crippen molar-refractivity contribution in [1.29, 1.82) is 0 Å².